The van der Waals surface area contributed by atoms with Crippen molar-refractivity contribution in [3.05, 3.63) is 29.1 Å². The molecular weight excluding hydrogens is 351 g/mol. The third-order valence-electron chi connectivity index (χ3n) is 5.57. The van der Waals surface area contributed by atoms with Crippen molar-refractivity contribution in [2.24, 2.45) is 0 Å². The van der Waals surface area contributed by atoms with Crippen LogP contribution in [-0.4, -0.2) is 66.3 Å². The maximum atomic E-state index is 14.6. The zero-order chi connectivity index (χ0) is 19.0. The zero-order valence-corrected chi connectivity index (χ0v) is 15.1. The number of amides is 3. The Bertz CT molecular complexity index is 797. The van der Waals surface area contributed by atoms with E-state index in [1.165, 1.54) is 6.07 Å². The van der Waals surface area contributed by atoms with Crippen LogP contribution < -0.4 is 10.6 Å². The first-order valence-electron chi connectivity index (χ1n) is 9.44. The summed E-state index contributed by atoms with van der Waals surface area (Å²) in [7, 11) is 0. The van der Waals surface area contributed by atoms with Gasteiger partial charge in [0.05, 0.1) is 12.1 Å². The first kappa shape index (κ1) is 17.9. The number of piperidine rings is 1. The summed E-state index contributed by atoms with van der Waals surface area (Å²) in [6, 6.07) is 2.78. The number of hydrogen-bond acceptors (Lipinski definition) is 4. The lowest BCUT2D eigenvalue weighted by atomic mass is 9.98. The van der Waals surface area contributed by atoms with Crippen LogP contribution in [0.3, 0.4) is 0 Å². The molecule has 0 bridgehead atoms. The number of halogens is 1. The Labute approximate surface area is 156 Å². The molecular formula is C19H23FN4O3. The smallest absolute Gasteiger partial charge is 0.256 e. The molecule has 7 nitrogen and oxygen atoms in total. The van der Waals surface area contributed by atoms with E-state index in [1.54, 1.807) is 11.0 Å². The molecule has 2 N–H and O–H groups in total. The van der Waals surface area contributed by atoms with Crippen LogP contribution in [0, 0.1) is 5.82 Å². The molecule has 0 aromatic heterocycles. The zero-order valence-electron chi connectivity index (χ0n) is 15.1. The highest BCUT2D eigenvalue weighted by molar-refractivity contribution is 5.98. The molecule has 1 atom stereocenters. The molecule has 3 amide bonds. The predicted molar refractivity (Wildman–Crippen MR) is 96.9 cm³/mol. The standard InChI is InChI=1S/C19H23FN4O3/c20-15-9-16-12(3-4-17(25)22-16)8-14(15)19(27)23-6-1-2-13(11-23)24-7-5-21-10-18(24)26/h8-9,13,21H,1-7,10-11H2,(H,22,25). The average molecular weight is 374 g/mol. The summed E-state index contributed by atoms with van der Waals surface area (Å²) in [5, 5.41) is 5.70. The number of carbonyl (C=O) groups excluding carboxylic acids is 3. The van der Waals surface area contributed by atoms with Crippen molar-refractivity contribution in [1.29, 1.82) is 0 Å². The predicted octanol–water partition coefficient (Wildman–Crippen LogP) is 0.747. The highest BCUT2D eigenvalue weighted by Gasteiger charge is 2.33. The normalized spacial score (nSPS) is 23.1. The summed E-state index contributed by atoms with van der Waals surface area (Å²) in [5.41, 5.74) is 1.27. The summed E-state index contributed by atoms with van der Waals surface area (Å²) in [4.78, 5) is 40.1. The van der Waals surface area contributed by atoms with Crippen LogP contribution in [0.2, 0.25) is 0 Å². The van der Waals surface area contributed by atoms with E-state index in [4.69, 9.17) is 0 Å². The molecule has 0 aliphatic carbocycles. The quantitative estimate of drug-likeness (QED) is 0.800. The molecule has 3 heterocycles. The molecule has 1 unspecified atom stereocenters. The van der Waals surface area contributed by atoms with E-state index in [0.29, 0.717) is 44.7 Å². The number of fused-ring (bicyclic) bond motifs is 1. The molecule has 3 aliphatic rings. The number of likely N-dealkylation sites (tertiary alicyclic amines) is 1. The molecule has 0 saturated carbocycles. The van der Waals surface area contributed by atoms with E-state index in [1.807, 2.05) is 4.90 Å². The monoisotopic (exact) mass is 374 g/mol. The van der Waals surface area contributed by atoms with Gasteiger partial charge in [-0.25, -0.2) is 4.39 Å². The van der Waals surface area contributed by atoms with Crippen molar-refractivity contribution in [2.45, 2.75) is 31.7 Å². The van der Waals surface area contributed by atoms with Gasteiger partial charge in [-0.15, -0.1) is 0 Å². The lowest BCUT2D eigenvalue weighted by molar-refractivity contribution is -0.135. The maximum Gasteiger partial charge on any atom is 0.256 e. The lowest BCUT2D eigenvalue weighted by Crippen LogP contribution is -2.57. The first-order valence-corrected chi connectivity index (χ1v) is 9.44. The van der Waals surface area contributed by atoms with Gasteiger partial charge < -0.3 is 20.4 Å². The summed E-state index contributed by atoms with van der Waals surface area (Å²) in [6.45, 7) is 2.70. The Morgan fingerprint density at radius 1 is 1.19 bits per heavy atom. The van der Waals surface area contributed by atoms with Crippen LogP contribution in [0.15, 0.2) is 12.1 Å². The molecule has 2 saturated heterocycles. The fourth-order valence-corrected chi connectivity index (χ4v) is 4.14. The van der Waals surface area contributed by atoms with Gasteiger partial charge in [0.2, 0.25) is 11.8 Å². The van der Waals surface area contributed by atoms with Crippen molar-refractivity contribution in [3.63, 3.8) is 0 Å². The third-order valence-corrected chi connectivity index (χ3v) is 5.57. The highest BCUT2D eigenvalue weighted by Crippen LogP contribution is 2.27. The minimum Gasteiger partial charge on any atom is -0.336 e. The van der Waals surface area contributed by atoms with Crippen LogP contribution in [0.4, 0.5) is 10.1 Å². The first-order chi connectivity index (χ1) is 13.0. The number of hydrogen-bond donors (Lipinski definition) is 2. The van der Waals surface area contributed by atoms with E-state index in [9.17, 15) is 18.8 Å². The summed E-state index contributed by atoms with van der Waals surface area (Å²) >= 11 is 0. The van der Waals surface area contributed by atoms with Gasteiger partial charge in [-0.2, -0.15) is 0 Å². The van der Waals surface area contributed by atoms with E-state index in [-0.39, 0.29) is 29.3 Å². The number of benzene rings is 1. The second-order valence-electron chi connectivity index (χ2n) is 7.35. The molecule has 1 aromatic rings. The molecule has 3 aliphatic heterocycles. The van der Waals surface area contributed by atoms with Gasteiger partial charge in [-0.1, -0.05) is 0 Å². The minimum atomic E-state index is -0.624. The SMILES string of the molecule is O=C1CCc2cc(C(=O)N3CCCC(N4CCNCC4=O)C3)c(F)cc2N1. The Kier molecular flexibility index (Phi) is 4.82. The minimum absolute atomic E-state index is 0.0164. The van der Waals surface area contributed by atoms with Crippen LogP contribution >= 0.6 is 0 Å². The van der Waals surface area contributed by atoms with Crippen LogP contribution in [0.25, 0.3) is 0 Å². The number of anilines is 1. The molecule has 2 fully saturated rings. The molecule has 27 heavy (non-hydrogen) atoms. The van der Waals surface area contributed by atoms with E-state index < -0.39 is 5.82 Å². The Hall–Kier alpha value is -2.48. The summed E-state index contributed by atoms with van der Waals surface area (Å²) in [5.74, 6) is -1.06. The van der Waals surface area contributed by atoms with E-state index in [0.717, 1.165) is 24.9 Å². The molecule has 1 aromatic carbocycles. The number of piperazine rings is 1. The topological polar surface area (TPSA) is 81.8 Å². The fraction of sp³-hybridized carbons (Fsp3) is 0.526. The molecule has 0 radical (unpaired) electrons. The Balaban J connectivity index is 1.52. The molecule has 0 spiro atoms. The Morgan fingerprint density at radius 3 is 2.85 bits per heavy atom. The van der Waals surface area contributed by atoms with Gasteiger partial charge in [-0.05, 0) is 37.0 Å². The van der Waals surface area contributed by atoms with Crippen LogP contribution in [-0.2, 0) is 16.0 Å². The number of nitrogens with one attached hydrogen (secondary N) is 2. The van der Waals surface area contributed by atoms with Gasteiger partial charge in [-0.3, -0.25) is 14.4 Å². The van der Waals surface area contributed by atoms with E-state index >= 15 is 0 Å². The number of aryl methyl sites for hydroxylation is 1. The second-order valence-corrected chi connectivity index (χ2v) is 7.35. The van der Waals surface area contributed by atoms with Crippen LogP contribution in [0.5, 0.6) is 0 Å². The lowest BCUT2D eigenvalue weighted by Gasteiger charge is -2.41. The second kappa shape index (κ2) is 7.26. The van der Waals surface area contributed by atoms with Crippen molar-refractivity contribution in [2.75, 3.05) is 38.0 Å². The third kappa shape index (κ3) is 3.53. The summed E-state index contributed by atoms with van der Waals surface area (Å²) < 4.78 is 14.6. The molecule has 8 heteroatoms. The van der Waals surface area contributed by atoms with Gasteiger partial charge in [0.15, 0.2) is 0 Å². The number of nitrogens with zero attached hydrogens (tertiary/aromatic N) is 2. The van der Waals surface area contributed by atoms with E-state index in [2.05, 4.69) is 10.6 Å². The van der Waals surface area contributed by atoms with Gasteiger partial charge in [0.1, 0.15) is 5.82 Å². The van der Waals surface area contributed by atoms with Crippen molar-refractivity contribution < 1.29 is 18.8 Å². The fourth-order valence-electron chi connectivity index (χ4n) is 4.14. The van der Waals surface area contributed by atoms with Crippen molar-refractivity contribution in [3.8, 4) is 0 Å². The molecule has 4 rings (SSSR count). The van der Waals surface area contributed by atoms with Crippen molar-refractivity contribution in [1.82, 2.24) is 15.1 Å². The van der Waals surface area contributed by atoms with Gasteiger partial charge in [0, 0.05) is 44.3 Å². The highest BCUT2D eigenvalue weighted by atomic mass is 19.1. The van der Waals surface area contributed by atoms with Gasteiger partial charge in [0.25, 0.3) is 5.91 Å². The van der Waals surface area contributed by atoms with Crippen LogP contribution in [0.1, 0.15) is 35.2 Å². The number of carbonyl (C=O) groups is 3. The summed E-state index contributed by atoms with van der Waals surface area (Å²) in [6.07, 6.45) is 2.48. The Morgan fingerprint density at radius 2 is 2.04 bits per heavy atom. The van der Waals surface area contributed by atoms with Gasteiger partial charge >= 0.3 is 0 Å². The average Bonchev–Trinajstić information content (AvgIpc) is 2.67. The maximum absolute atomic E-state index is 14.6. The van der Waals surface area contributed by atoms with Crippen molar-refractivity contribution >= 4 is 23.4 Å². The molecule has 144 valence electrons. The number of rotatable bonds is 2. The largest absolute Gasteiger partial charge is 0.336 e.